The second-order valence-corrected chi connectivity index (χ2v) is 4.47. The summed E-state index contributed by atoms with van der Waals surface area (Å²) in [6, 6.07) is 11.1. The van der Waals surface area contributed by atoms with E-state index in [1.165, 1.54) is 16.8 Å². The Morgan fingerprint density at radius 1 is 1.28 bits per heavy atom. The minimum Gasteiger partial charge on any atom is -0.305 e. The third-order valence-electron chi connectivity index (χ3n) is 3.26. The first-order chi connectivity index (χ1) is 8.76. The molecule has 2 rings (SSSR count). The molecule has 1 heterocycles. The van der Waals surface area contributed by atoms with Crippen LogP contribution in [0, 0.1) is 0 Å². The van der Waals surface area contributed by atoms with Gasteiger partial charge in [-0.25, -0.2) is 0 Å². The van der Waals surface area contributed by atoms with Crippen molar-refractivity contribution < 1.29 is 0 Å². The number of rotatable bonds is 5. The van der Waals surface area contributed by atoms with Crippen LogP contribution in [0.15, 0.2) is 36.5 Å². The van der Waals surface area contributed by atoms with Crippen LogP contribution >= 0.6 is 0 Å². The fourth-order valence-corrected chi connectivity index (χ4v) is 2.26. The summed E-state index contributed by atoms with van der Waals surface area (Å²) < 4.78 is 1.94. The first kappa shape index (κ1) is 12.8. The molecule has 1 N–H and O–H groups in total. The summed E-state index contributed by atoms with van der Waals surface area (Å²) in [5.41, 5.74) is 3.88. The Kier molecular flexibility index (Phi) is 4.15. The second-order valence-electron chi connectivity index (χ2n) is 4.47. The topological polar surface area (TPSA) is 29.9 Å². The standard InChI is InChI=1S/C15H21N3/c1-4-12-7-6-8-13(11-12)15(16-5-2)14-9-10-17-18(14)3/h6-11,15-16H,4-5H2,1-3H3. The summed E-state index contributed by atoms with van der Waals surface area (Å²) >= 11 is 0. The molecule has 2 aromatic rings. The summed E-state index contributed by atoms with van der Waals surface area (Å²) in [7, 11) is 1.99. The molecule has 0 aliphatic carbocycles. The summed E-state index contributed by atoms with van der Waals surface area (Å²) in [6.45, 7) is 5.25. The zero-order valence-electron chi connectivity index (χ0n) is 11.4. The van der Waals surface area contributed by atoms with E-state index in [1.54, 1.807) is 0 Å². The molecule has 0 amide bonds. The second kappa shape index (κ2) is 5.83. The third-order valence-corrected chi connectivity index (χ3v) is 3.26. The van der Waals surface area contributed by atoms with Gasteiger partial charge in [-0.15, -0.1) is 0 Å². The van der Waals surface area contributed by atoms with Crippen molar-refractivity contribution in [3.63, 3.8) is 0 Å². The Bertz CT molecular complexity index is 502. The molecule has 0 spiro atoms. The van der Waals surface area contributed by atoms with E-state index in [-0.39, 0.29) is 6.04 Å². The van der Waals surface area contributed by atoms with E-state index < -0.39 is 0 Å². The largest absolute Gasteiger partial charge is 0.305 e. The van der Waals surface area contributed by atoms with Gasteiger partial charge in [0.2, 0.25) is 0 Å². The van der Waals surface area contributed by atoms with Crippen LogP contribution in [-0.2, 0) is 13.5 Å². The fraction of sp³-hybridized carbons (Fsp3) is 0.400. The normalized spacial score (nSPS) is 12.6. The van der Waals surface area contributed by atoms with E-state index in [0.717, 1.165) is 13.0 Å². The van der Waals surface area contributed by atoms with Crippen LogP contribution < -0.4 is 5.32 Å². The lowest BCUT2D eigenvalue weighted by Gasteiger charge is -2.19. The maximum Gasteiger partial charge on any atom is 0.0748 e. The Balaban J connectivity index is 2.38. The van der Waals surface area contributed by atoms with Gasteiger partial charge in [0.25, 0.3) is 0 Å². The molecule has 0 aliphatic heterocycles. The van der Waals surface area contributed by atoms with Crippen LogP contribution in [-0.4, -0.2) is 16.3 Å². The van der Waals surface area contributed by atoms with Gasteiger partial charge in [0, 0.05) is 13.2 Å². The van der Waals surface area contributed by atoms with Crippen molar-refractivity contribution in [1.82, 2.24) is 15.1 Å². The van der Waals surface area contributed by atoms with Gasteiger partial charge in [-0.1, -0.05) is 38.1 Å². The smallest absolute Gasteiger partial charge is 0.0748 e. The molecule has 18 heavy (non-hydrogen) atoms. The number of benzene rings is 1. The lowest BCUT2D eigenvalue weighted by Crippen LogP contribution is -2.24. The first-order valence-electron chi connectivity index (χ1n) is 6.56. The zero-order chi connectivity index (χ0) is 13.0. The van der Waals surface area contributed by atoms with Gasteiger partial charge < -0.3 is 5.32 Å². The van der Waals surface area contributed by atoms with Crippen molar-refractivity contribution in [2.75, 3.05) is 6.54 Å². The molecule has 0 aliphatic rings. The van der Waals surface area contributed by atoms with Crippen molar-refractivity contribution in [3.05, 3.63) is 53.3 Å². The van der Waals surface area contributed by atoms with Gasteiger partial charge in [0.1, 0.15) is 0 Å². The summed E-state index contributed by atoms with van der Waals surface area (Å²) in [6.07, 6.45) is 2.92. The van der Waals surface area contributed by atoms with Crippen LogP contribution in [0.2, 0.25) is 0 Å². The van der Waals surface area contributed by atoms with Gasteiger partial charge in [-0.2, -0.15) is 5.10 Å². The fourth-order valence-electron chi connectivity index (χ4n) is 2.26. The Morgan fingerprint density at radius 2 is 2.11 bits per heavy atom. The van der Waals surface area contributed by atoms with Crippen LogP contribution in [0.4, 0.5) is 0 Å². The molecule has 3 heteroatoms. The molecule has 0 bridgehead atoms. The molecule has 0 saturated heterocycles. The molecule has 3 nitrogen and oxygen atoms in total. The minimum atomic E-state index is 0.217. The average molecular weight is 243 g/mol. The number of aryl methyl sites for hydroxylation is 2. The predicted molar refractivity (Wildman–Crippen MR) is 74.5 cm³/mol. The number of hydrogen-bond donors (Lipinski definition) is 1. The molecule has 1 aromatic carbocycles. The molecule has 1 atom stereocenters. The van der Waals surface area contributed by atoms with Gasteiger partial charge >= 0.3 is 0 Å². The zero-order valence-corrected chi connectivity index (χ0v) is 11.4. The molecular weight excluding hydrogens is 222 g/mol. The number of hydrogen-bond acceptors (Lipinski definition) is 2. The Labute approximate surface area is 109 Å². The lowest BCUT2D eigenvalue weighted by atomic mass is 10.0. The van der Waals surface area contributed by atoms with Crippen molar-refractivity contribution in [3.8, 4) is 0 Å². The van der Waals surface area contributed by atoms with Gasteiger partial charge in [0.05, 0.1) is 11.7 Å². The first-order valence-corrected chi connectivity index (χ1v) is 6.56. The van der Waals surface area contributed by atoms with Crippen LogP contribution in [0.1, 0.15) is 36.7 Å². The highest BCUT2D eigenvalue weighted by molar-refractivity contribution is 5.31. The number of aromatic nitrogens is 2. The van der Waals surface area contributed by atoms with Crippen molar-refractivity contribution in [1.29, 1.82) is 0 Å². The monoisotopic (exact) mass is 243 g/mol. The van der Waals surface area contributed by atoms with Crippen LogP contribution in [0.25, 0.3) is 0 Å². The number of nitrogens with one attached hydrogen (secondary N) is 1. The van der Waals surface area contributed by atoms with Gasteiger partial charge in [-0.3, -0.25) is 4.68 Å². The summed E-state index contributed by atoms with van der Waals surface area (Å²) in [5.74, 6) is 0. The van der Waals surface area contributed by atoms with E-state index in [1.807, 2.05) is 17.9 Å². The maximum absolute atomic E-state index is 4.26. The maximum atomic E-state index is 4.26. The summed E-state index contributed by atoms with van der Waals surface area (Å²) in [4.78, 5) is 0. The quantitative estimate of drug-likeness (QED) is 0.875. The van der Waals surface area contributed by atoms with Crippen molar-refractivity contribution in [2.45, 2.75) is 26.3 Å². The molecular formula is C15H21N3. The highest BCUT2D eigenvalue weighted by Gasteiger charge is 2.16. The molecule has 96 valence electrons. The highest BCUT2D eigenvalue weighted by atomic mass is 15.3. The Morgan fingerprint density at radius 3 is 2.72 bits per heavy atom. The van der Waals surface area contributed by atoms with Crippen molar-refractivity contribution in [2.24, 2.45) is 7.05 Å². The highest BCUT2D eigenvalue weighted by Crippen LogP contribution is 2.22. The summed E-state index contributed by atoms with van der Waals surface area (Å²) in [5, 5.41) is 7.80. The van der Waals surface area contributed by atoms with E-state index in [0.29, 0.717) is 0 Å². The molecule has 1 unspecified atom stereocenters. The van der Waals surface area contributed by atoms with E-state index >= 15 is 0 Å². The molecule has 1 aromatic heterocycles. The average Bonchev–Trinajstić information content (AvgIpc) is 2.82. The molecule has 0 fully saturated rings. The SMILES string of the molecule is CCNC(c1cccc(CC)c1)c1ccnn1C. The minimum absolute atomic E-state index is 0.217. The third kappa shape index (κ3) is 2.62. The Hall–Kier alpha value is -1.61. The van der Waals surface area contributed by atoms with E-state index in [2.05, 4.69) is 54.6 Å². The van der Waals surface area contributed by atoms with Gasteiger partial charge in [0.15, 0.2) is 0 Å². The molecule has 0 radical (unpaired) electrons. The predicted octanol–water partition coefficient (Wildman–Crippen LogP) is 2.68. The van der Waals surface area contributed by atoms with E-state index in [9.17, 15) is 0 Å². The van der Waals surface area contributed by atoms with Crippen LogP contribution in [0.5, 0.6) is 0 Å². The van der Waals surface area contributed by atoms with E-state index in [4.69, 9.17) is 0 Å². The lowest BCUT2D eigenvalue weighted by molar-refractivity contribution is 0.572. The number of nitrogens with zero attached hydrogens (tertiary/aromatic N) is 2. The van der Waals surface area contributed by atoms with Crippen molar-refractivity contribution >= 4 is 0 Å². The van der Waals surface area contributed by atoms with Gasteiger partial charge in [-0.05, 0) is 30.2 Å². The molecule has 0 saturated carbocycles. The van der Waals surface area contributed by atoms with Crippen LogP contribution in [0.3, 0.4) is 0 Å².